The van der Waals surface area contributed by atoms with Gasteiger partial charge in [-0.1, -0.05) is 30.3 Å². The third-order valence-electron chi connectivity index (χ3n) is 3.71. The number of nitrogen functional groups attached to an aromatic ring is 1. The molecule has 2 aromatic carbocycles. The summed E-state index contributed by atoms with van der Waals surface area (Å²) in [5.74, 6) is 0.963. The van der Waals surface area contributed by atoms with Gasteiger partial charge in [-0.2, -0.15) is 0 Å². The lowest BCUT2D eigenvalue weighted by Crippen LogP contribution is -2.03. The minimum Gasteiger partial charge on any atom is -0.493 e. The highest BCUT2D eigenvalue weighted by Gasteiger charge is 2.18. The smallest absolute Gasteiger partial charge is 0.196 e. The van der Waals surface area contributed by atoms with Gasteiger partial charge in [-0.3, -0.25) is 4.79 Å². The van der Waals surface area contributed by atoms with Crippen LogP contribution in [0.15, 0.2) is 54.6 Å². The van der Waals surface area contributed by atoms with E-state index in [1.54, 1.807) is 32.4 Å². The van der Waals surface area contributed by atoms with Crippen LogP contribution in [0.1, 0.15) is 15.9 Å². The van der Waals surface area contributed by atoms with Gasteiger partial charge in [0.05, 0.1) is 24.8 Å². The molecule has 0 amide bonds. The van der Waals surface area contributed by atoms with Gasteiger partial charge in [0.15, 0.2) is 17.3 Å². The van der Waals surface area contributed by atoms with Gasteiger partial charge in [-0.05, 0) is 29.8 Å². The lowest BCUT2D eigenvalue weighted by Gasteiger charge is -2.08. The highest BCUT2D eigenvalue weighted by atomic mass is 32.1. The molecular formula is C19H17NO3S. The summed E-state index contributed by atoms with van der Waals surface area (Å²) in [4.78, 5) is 13.8. The SMILES string of the molecule is COc1ccc(C(=O)c2cc(-c3ccccc3)sc2N)cc1OC. The Hall–Kier alpha value is -2.79. The molecule has 0 aliphatic carbocycles. The Morgan fingerprint density at radius 3 is 2.33 bits per heavy atom. The molecule has 0 aliphatic rings. The van der Waals surface area contributed by atoms with Crippen LogP contribution in [-0.4, -0.2) is 20.0 Å². The Kier molecular flexibility index (Phi) is 4.53. The third-order valence-corrected chi connectivity index (χ3v) is 4.72. The molecule has 3 rings (SSSR count). The van der Waals surface area contributed by atoms with Gasteiger partial charge in [0, 0.05) is 10.4 Å². The van der Waals surface area contributed by atoms with Crippen LogP contribution >= 0.6 is 11.3 Å². The molecule has 0 unspecified atom stereocenters. The molecule has 0 aliphatic heterocycles. The van der Waals surface area contributed by atoms with Crippen molar-refractivity contribution in [2.24, 2.45) is 0 Å². The third kappa shape index (κ3) is 2.98. The fourth-order valence-corrected chi connectivity index (χ4v) is 3.39. The molecule has 24 heavy (non-hydrogen) atoms. The monoisotopic (exact) mass is 339 g/mol. The van der Waals surface area contributed by atoms with Crippen molar-refractivity contribution in [1.29, 1.82) is 0 Å². The number of hydrogen-bond acceptors (Lipinski definition) is 5. The topological polar surface area (TPSA) is 61.5 Å². The van der Waals surface area contributed by atoms with Crippen LogP contribution in [0.4, 0.5) is 5.00 Å². The first-order valence-electron chi connectivity index (χ1n) is 7.35. The van der Waals surface area contributed by atoms with Crippen LogP contribution in [0.5, 0.6) is 11.5 Å². The first kappa shape index (κ1) is 16.1. The number of benzene rings is 2. The summed E-state index contributed by atoms with van der Waals surface area (Å²) in [5, 5.41) is 0.508. The van der Waals surface area contributed by atoms with Crippen LogP contribution < -0.4 is 15.2 Å². The van der Waals surface area contributed by atoms with Crippen LogP contribution in [-0.2, 0) is 0 Å². The van der Waals surface area contributed by atoms with Crippen LogP contribution in [0.3, 0.4) is 0 Å². The Bertz CT molecular complexity index is 872. The van der Waals surface area contributed by atoms with Crippen molar-refractivity contribution < 1.29 is 14.3 Å². The molecule has 1 aromatic heterocycles. The molecule has 0 bridgehead atoms. The number of rotatable bonds is 5. The molecule has 0 atom stereocenters. The number of thiophene rings is 1. The second kappa shape index (κ2) is 6.76. The molecule has 3 aromatic rings. The average molecular weight is 339 g/mol. The van der Waals surface area contributed by atoms with E-state index in [9.17, 15) is 4.79 Å². The minimum absolute atomic E-state index is 0.133. The second-order valence-corrected chi connectivity index (χ2v) is 6.24. The minimum atomic E-state index is -0.133. The summed E-state index contributed by atoms with van der Waals surface area (Å²) in [6.07, 6.45) is 0. The Labute approximate surface area is 144 Å². The number of carbonyl (C=O) groups is 1. The summed E-state index contributed by atoms with van der Waals surface area (Å²) in [5.41, 5.74) is 8.14. The highest BCUT2D eigenvalue weighted by molar-refractivity contribution is 7.19. The molecule has 122 valence electrons. The fraction of sp³-hybridized carbons (Fsp3) is 0.105. The maximum absolute atomic E-state index is 12.8. The van der Waals surface area contributed by atoms with Gasteiger partial charge < -0.3 is 15.2 Å². The number of ketones is 1. The van der Waals surface area contributed by atoms with Crippen LogP contribution in [0, 0.1) is 0 Å². The molecule has 1 heterocycles. The fourth-order valence-electron chi connectivity index (χ4n) is 2.46. The van der Waals surface area contributed by atoms with E-state index in [4.69, 9.17) is 15.2 Å². The quantitative estimate of drug-likeness (QED) is 0.706. The van der Waals surface area contributed by atoms with Crippen molar-refractivity contribution in [3.05, 3.63) is 65.7 Å². The zero-order valence-corrected chi connectivity index (χ0v) is 14.2. The zero-order valence-electron chi connectivity index (χ0n) is 13.4. The van der Waals surface area contributed by atoms with E-state index >= 15 is 0 Å². The molecule has 2 N–H and O–H groups in total. The summed E-state index contributed by atoms with van der Waals surface area (Å²) < 4.78 is 10.5. The van der Waals surface area contributed by atoms with Crippen molar-refractivity contribution in [3.8, 4) is 21.9 Å². The van der Waals surface area contributed by atoms with Gasteiger partial charge in [0.25, 0.3) is 0 Å². The van der Waals surface area contributed by atoms with Gasteiger partial charge in [-0.15, -0.1) is 11.3 Å². The molecule has 5 heteroatoms. The lowest BCUT2D eigenvalue weighted by atomic mass is 10.0. The number of carbonyl (C=O) groups excluding carboxylic acids is 1. The van der Waals surface area contributed by atoms with Crippen molar-refractivity contribution >= 4 is 22.1 Å². The number of anilines is 1. The normalized spacial score (nSPS) is 10.4. The van der Waals surface area contributed by atoms with Gasteiger partial charge in [0.2, 0.25) is 0 Å². The average Bonchev–Trinajstić information content (AvgIpc) is 3.03. The Balaban J connectivity index is 1.98. The molecule has 0 spiro atoms. The van der Waals surface area contributed by atoms with Gasteiger partial charge in [-0.25, -0.2) is 0 Å². The number of nitrogens with two attached hydrogens (primary N) is 1. The standard InChI is InChI=1S/C19H17NO3S/c1-22-15-9-8-13(10-16(15)23-2)18(21)14-11-17(24-19(14)20)12-6-4-3-5-7-12/h3-11H,20H2,1-2H3. The number of methoxy groups -OCH3 is 2. The summed E-state index contributed by atoms with van der Waals surface area (Å²) in [6.45, 7) is 0. The summed E-state index contributed by atoms with van der Waals surface area (Å²) >= 11 is 1.41. The Morgan fingerprint density at radius 2 is 1.67 bits per heavy atom. The maximum atomic E-state index is 12.8. The van der Waals surface area contributed by atoms with E-state index in [1.165, 1.54) is 11.3 Å². The molecule has 0 saturated carbocycles. The molecule has 0 saturated heterocycles. The van der Waals surface area contributed by atoms with Crippen LogP contribution in [0.25, 0.3) is 10.4 Å². The van der Waals surface area contributed by atoms with E-state index < -0.39 is 0 Å². The second-order valence-electron chi connectivity index (χ2n) is 5.15. The van der Waals surface area contributed by atoms with Crippen molar-refractivity contribution in [2.75, 3.05) is 20.0 Å². The maximum Gasteiger partial charge on any atom is 0.196 e. The van der Waals surface area contributed by atoms with Gasteiger partial charge in [0.1, 0.15) is 0 Å². The molecule has 4 nitrogen and oxygen atoms in total. The van der Waals surface area contributed by atoms with Crippen molar-refractivity contribution in [1.82, 2.24) is 0 Å². The first-order valence-corrected chi connectivity index (χ1v) is 8.17. The number of hydrogen-bond donors (Lipinski definition) is 1. The largest absolute Gasteiger partial charge is 0.493 e. The predicted molar refractivity (Wildman–Crippen MR) is 97.1 cm³/mol. The van der Waals surface area contributed by atoms with E-state index in [0.29, 0.717) is 27.6 Å². The van der Waals surface area contributed by atoms with Crippen LogP contribution in [0.2, 0.25) is 0 Å². The molecule has 0 radical (unpaired) electrons. The first-order chi connectivity index (χ1) is 11.6. The van der Waals surface area contributed by atoms with E-state index in [-0.39, 0.29) is 5.78 Å². The summed E-state index contributed by atoms with van der Waals surface area (Å²) in [7, 11) is 3.10. The molecule has 0 fully saturated rings. The zero-order chi connectivity index (χ0) is 17.1. The highest BCUT2D eigenvalue weighted by Crippen LogP contribution is 2.35. The lowest BCUT2D eigenvalue weighted by molar-refractivity contribution is 0.103. The van der Waals surface area contributed by atoms with E-state index in [2.05, 4.69) is 0 Å². The van der Waals surface area contributed by atoms with Gasteiger partial charge >= 0.3 is 0 Å². The Morgan fingerprint density at radius 1 is 0.958 bits per heavy atom. The van der Waals surface area contributed by atoms with E-state index in [0.717, 1.165) is 10.4 Å². The number of ether oxygens (including phenoxy) is 2. The van der Waals surface area contributed by atoms with Crippen molar-refractivity contribution in [2.45, 2.75) is 0 Å². The predicted octanol–water partition coefficient (Wildman–Crippen LogP) is 4.25. The summed E-state index contributed by atoms with van der Waals surface area (Å²) in [6, 6.07) is 16.8. The molecular weight excluding hydrogens is 322 g/mol. The van der Waals surface area contributed by atoms with E-state index in [1.807, 2.05) is 36.4 Å². The van der Waals surface area contributed by atoms with Crippen molar-refractivity contribution in [3.63, 3.8) is 0 Å².